The van der Waals surface area contributed by atoms with E-state index in [2.05, 4.69) is 20.5 Å². The highest BCUT2D eigenvalue weighted by Gasteiger charge is 2.39. The van der Waals surface area contributed by atoms with Gasteiger partial charge in [-0.1, -0.05) is 23.7 Å². The summed E-state index contributed by atoms with van der Waals surface area (Å²) < 4.78 is 34.6. The second-order valence-electron chi connectivity index (χ2n) is 8.16. The van der Waals surface area contributed by atoms with Crippen molar-refractivity contribution in [2.24, 2.45) is 7.05 Å². The number of hydrogen-bond donors (Lipinski definition) is 0. The third-order valence-corrected chi connectivity index (χ3v) is 6.53. The van der Waals surface area contributed by atoms with Gasteiger partial charge < -0.3 is 9.64 Å². The highest BCUT2D eigenvalue weighted by Crippen LogP contribution is 2.44. The molecule has 0 spiro atoms. The number of amides is 1. The smallest absolute Gasteiger partial charge is 0.296 e. The van der Waals surface area contributed by atoms with E-state index in [4.69, 9.17) is 16.3 Å². The maximum atomic E-state index is 14.2. The van der Waals surface area contributed by atoms with E-state index < -0.39 is 23.6 Å². The van der Waals surface area contributed by atoms with Gasteiger partial charge in [-0.15, -0.1) is 15.0 Å². The van der Waals surface area contributed by atoms with Crippen LogP contribution in [-0.2, 0) is 7.05 Å². The van der Waals surface area contributed by atoms with Crippen molar-refractivity contribution in [3.8, 4) is 11.6 Å². The molecule has 0 saturated heterocycles. The third-order valence-electron chi connectivity index (χ3n) is 6.20. The van der Waals surface area contributed by atoms with Crippen LogP contribution < -0.4 is 4.74 Å². The van der Waals surface area contributed by atoms with Crippen LogP contribution in [0.2, 0.25) is 5.02 Å². The topological polar surface area (TPSA) is 91.0 Å². The van der Waals surface area contributed by atoms with Crippen molar-refractivity contribution in [3.05, 3.63) is 81.8 Å². The fourth-order valence-corrected chi connectivity index (χ4v) is 4.88. The van der Waals surface area contributed by atoms with E-state index >= 15 is 0 Å². The minimum absolute atomic E-state index is 0.129. The number of hydrogen-bond acceptors (Lipinski definition) is 6. The van der Waals surface area contributed by atoms with Gasteiger partial charge in [0.25, 0.3) is 11.7 Å². The maximum Gasteiger partial charge on any atom is 0.296 e. The Bertz CT molecular complexity index is 1440. The first kappa shape index (κ1) is 22.9. The van der Waals surface area contributed by atoms with Crippen LogP contribution in [0.1, 0.15) is 46.2 Å². The summed E-state index contributed by atoms with van der Waals surface area (Å²) in [5, 5.41) is 16.5. The lowest BCUT2D eigenvalue weighted by Crippen LogP contribution is -2.42. The van der Waals surface area contributed by atoms with Gasteiger partial charge in [0.2, 0.25) is 5.88 Å². The van der Waals surface area contributed by atoms with Crippen LogP contribution in [0.5, 0.6) is 5.88 Å². The molecule has 1 amide bonds. The number of nitrogens with zero attached hydrogens (tertiary/aromatic N) is 7. The summed E-state index contributed by atoms with van der Waals surface area (Å²) in [7, 11) is 3.33. The maximum absolute atomic E-state index is 14.2. The molecule has 0 N–H and O–H groups in total. The number of methoxy groups -OCH3 is 1. The van der Waals surface area contributed by atoms with Crippen molar-refractivity contribution in [2.75, 3.05) is 13.7 Å². The van der Waals surface area contributed by atoms with Gasteiger partial charge in [-0.25, -0.2) is 13.5 Å². The molecule has 0 saturated carbocycles. The molecule has 0 bridgehead atoms. The number of benzene rings is 2. The predicted molar refractivity (Wildman–Crippen MR) is 122 cm³/mol. The summed E-state index contributed by atoms with van der Waals surface area (Å²) >= 11 is 6.59. The molecule has 5 rings (SSSR count). The van der Waals surface area contributed by atoms with Gasteiger partial charge >= 0.3 is 0 Å². The van der Waals surface area contributed by atoms with E-state index in [0.717, 1.165) is 27.6 Å². The Morgan fingerprint density at radius 3 is 2.74 bits per heavy atom. The summed E-state index contributed by atoms with van der Waals surface area (Å²) in [6.07, 6.45) is 1.71. The highest BCUT2D eigenvalue weighted by molar-refractivity contribution is 6.31. The minimum atomic E-state index is -0.878. The summed E-state index contributed by atoms with van der Waals surface area (Å²) in [6.45, 7) is 2.14. The zero-order valence-corrected chi connectivity index (χ0v) is 19.7. The lowest BCUT2D eigenvalue weighted by atomic mass is 9.82. The lowest BCUT2D eigenvalue weighted by molar-refractivity contribution is 0.0651. The number of aromatic nitrogens is 6. The predicted octanol–water partition coefficient (Wildman–Crippen LogP) is 3.68. The summed E-state index contributed by atoms with van der Waals surface area (Å²) in [5.41, 5.74) is 2.43. The monoisotopic (exact) mass is 499 g/mol. The summed E-state index contributed by atoms with van der Waals surface area (Å²) in [5.74, 6) is -2.07. The number of halogens is 3. The molecule has 12 heteroatoms. The first-order valence-electron chi connectivity index (χ1n) is 10.7. The van der Waals surface area contributed by atoms with Crippen molar-refractivity contribution in [1.82, 2.24) is 34.9 Å². The second-order valence-corrected chi connectivity index (χ2v) is 8.57. The summed E-state index contributed by atoms with van der Waals surface area (Å²) in [4.78, 5) is 16.0. The molecule has 0 unspecified atom stereocenters. The van der Waals surface area contributed by atoms with Crippen molar-refractivity contribution >= 4 is 17.5 Å². The van der Waals surface area contributed by atoms with Gasteiger partial charge in [-0.3, -0.25) is 4.79 Å². The second kappa shape index (κ2) is 8.73. The van der Waals surface area contributed by atoms with Gasteiger partial charge in [-0.2, -0.15) is 5.10 Å². The highest BCUT2D eigenvalue weighted by atomic mass is 35.5. The normalized spacial score (nSPS) is 17.4. The molecule has 2 aromatic carbocycles. The molecule has 3 heterocycles. The van der Waals surface area contributed by atoms with Crippen LogP contribution in [0.3, 0.4) is 0 Å². The first-order valence-corrected chi connectivity index (χ1v) is 11.1. The van der Waals surface area contributed by atoms with E-state index in [1.165, 1.54) is 6.07 Å². The van der Waals surface area contributed by atoms with E-state index in [-0.39, 0.29) is 24.0 Å². The van der Waals surface area contributed by atoms with Crippen LogP contribution in [-0.4, -0.2) is 54.4 Å². The molecule has 2 atom stereocenters. The van der Waals surface area contributed by atoms with Crippen LogP contribution >= 0.6 is 11.6 Å². The molecule has 1 aliphatic rings. The van der Waals surface area contributed by atoms with Gasteiger partial charge in [0.05, 0.1) is 19.3 Å². The quantitative estimate of drug-likeness (QED) is 0.425. The minimum Gasteiger partial charge on any atom is -0.481 e. The molecule has 35 heavy (non-hydrogen) atoms. The Morgan fingerprint density at radius 1 is 1.20 bits per heavy atom. The van der Waals surface area contributed by atoms with Crippen LogP contribution in [0.4, 0.5) is 8.78 Å². The van der Waals surface area contributed by atoms with E-state index in [1.807, 2.05) is 19.1 Å². The summed E-state index contributed by atoms with van der Waals surface area (Å²) in [6, 6.07) is 8.16. The Hall–Kier alpha value is -3.86. The first-order chi connectivity index (χ1) is 16.8. The SMILES string of the molecule is COc1c([C@H]2CN(C(=O)c3nnn(-c4ccc(F)cc4F)n3)[C@@H](C)c3c(Cl)cccc32)cnn1C. The van der Waals surface area contributed by atoms with Crippen LogP contribution in [0.15, 0.2) is 42.6 Å². The fraction of sp³-hybridized carbons (Fsp3) is 0.261. The average Bonchev–Trinajstić information content (AvgIpc) is 3.46. The molecule has 9 nitrogen and oxygen atoms in total. The van der Waals surface area contributed by atoms with E-state index in [0.29, 0.717) is 17.0 Å². The van der Waals surface area contributed by atoms with Crippen LogP contribution in [0, 0.1) is 11.6 Å². The lowest BCUT2D eigenvalue weighted by Gasteiger charge is -2.39. The number of ether oxygens (including phenoxy) is 1. The number of carbonyl (C=O) groups excluding carboxylic acids is 1. The molecular weight excluding hydrogens is 480 g/mol. The molecule has 0 aliphatic carbocycles. The van der Waals surface area contributed by atoms with E-state index in [1.54, 1.807) is 36.0 Å². The Morgan fingerprint density at radius 2 is 2.00 bits per heavy atom. The van der Waals surface area contributed by atoms with Gasteiger partial charge in [0.15, 0.2) is 5.82 Å². The number of fused-ring (bicyclic) bond motifs is 1. The molecule has 0 fully saturated rings. The molecular formula is C23H20ClF2N7O2. The van der Waals surface area contributed by atoms with Crippen molar-refractivity contribution in [1.29, 1.82) is 0 Å². The van der Waals surface area contributed by atoms with Gasteiger partial charge in [0.1, 0.15) is 11.5 Å². The molecule has 4 aromatic rings. The molecule has 2 aromatic heterocycles. The third kappa shape index (κ3) is 3.81. The van der Waals surface area contributed by atoms with E-state index in [9.17, 15) is 13.6 Å². The largest absolute Gasteiger partial charge is 0.481 e. The standard InChI is InChI=1S/C23H20ClF2N7O2/c1-12-20-14(5-4-6-17(20)24)16(15-10-27-31(2)23(15)35-3)11-32(12)22(34)21-28-30-33(29-21)19-8-7-13(25)9-18(19)26/h4-10,12,16H,11H2,1-3H3/t12-,16-/m0/s1. The number of aryl methyl sites for hydroxylation is 1. The van der Waals surface area contributed by atoms with Crippen LogP contribution in [0.25, 0.3) is 5.69 Å². The Labute approximate surface area is 203 Å². The van der Waals surface area contributed by atoms with Crippen molar-refractivity contribution in [2.45, 2.75) is 18.9 Å². The number of tetrazole rings is 1. The fourth-order valence-electron chi connectivity index (χ4n) is 4.54. The van der Waals surface area contributed by atoms with Gasteiger partial charge in [-0.05, 0) is 41.5 Å². The average molecular weight is 500 g/mol. The van der Waals surface area contributed by atoms with Crippen molar-refractivity contribution < 1.29 is 18.3 Å². The number of rotatable bonds is 4. The Kier molecular flexibility index (Phi) is 5.72. The van der Waals surface area contributed by atoms with Gasteiger partial charge in [0, 0.05) is 36.2 Å². The zero-order chi connectivity index (χ0) is 24.9. The van der Waals surface area contributed by atoms with Crippen molar-refractivity contribution in [3.63, 3.8) is 0 Å². The molecule has 180 valence electrons. The zero-order valence-electron chi connectivity index (χ0n) is 19.0. The number of carbonyl (C=O) groups is 1. The molecule has 0 radical (unpaired) electrons. The Balaban J connectivity index is 1.54. The molecule has 1 aliphatic heterocycles.